The zero-order valence-corrected chi connectivity index (χ0v) is 7.69. The number of hydrogen-bond donors (Lipinski definition) is 0. The molecule has 0 atom stereocenters. The zero-order chi connectivity index (χ0) is 9.54. The molecule has 0 spiro atoms. The average molecular weight is 184 g/mol. The predicted octanol–water partition coefficient (Wildman–Crippen LogP) is 2.68. The van der Waals surface area contributed by atoms with Crippen LogP contribution in [0.15, 0.2) is 35.1 Å². The van der Waals surface area contributed by atoms with Gasteiger partial charge in [0.2, 0.25) is 5.71 Å². The van der Waals surface area contributed by atoms with E-state index in [1.54, 1.807) is 18.6 Å². The smallest absolute Gasteiger partial charge is 0.227 e. The quantitative estimate of drug-likeness (QED) is 0.539. The summed E-state index contributed by atoms with van der Waals surface area (Å²) in [5.74, 6) is 0. The van der Waals surface area contributed by atoms with E-state index in [-0.39, 0.29) is 0 Å². The number of nitrogens with zero attached hydrogens (tertiary/aromatic N) is 2. The third-order valence-electron chi connectivity index (χ3n) is 2.27. The van der Waals surface area contributed by atoms with Crippen LogP contribution in [-0.4, -0.2) is 9.97 Å². The topological polar surface area (TPSA) is 38.9 Å². The Hall–Kier alpha value is -1.90. The summed E-state index contributed by atoms with van der Waals surface area (Å²) >= 11 is 0. The molecule has 0 aliphatic heterocycles. The Morgan fingerprint density at radius 1 is 1.21 bits per heavy atom. The van der Waals surface area contributed by atoms with Gasteiger partial charge < -0.3 is 4.42 Å². The van der Waals surface area contributed by atoms with E-state index in [2.05, 4.69) is 16.0 Å². The highest BCUT2D eigenvalue weighted by atomic mass is 16.3. The van der Waals surface area contributed by atoms with Crippen molar-refractivity contribution in [2.75, 3.05) is 0 Å². The maximum absolute atomic E-state index is 5.53. The summed E-state index contributed by atoms with van der Waals surface area (Å²) in [6, 6.07) is 4.02. The normalized spacial score (nSPS) is 11.2. The molecule has 3 aromatic rings. The van der Waals surface area contributed by atoms with E-state index in [0.29, 0.717) is 5.71 Å². The van der Waals surface area contributed by atoms with Gasteiger partial charge in [0.05, 0.1) is 6.20 Å². The Morgan fingerprint density at radius 3 is 3.07 bits per heavy atom. The summed E-state index contributed by atoms with van der Waals surface area (Å²) in [6.45, 7) is 2.02. The van der Waals surface area contributed by atoms with Crippen molar-refractivity contribution in [2.24, 2.45) is 0 Å². The highest BCUT2D eigenvalue weighted by Gasteiger charge is 2.06. The van der Waals surface area contributed by atoms with Gasteiger partial charge in [0.15, 0.2) is 5.58 Å². The fraction of sp³-hybridized carbons (Fsp3) is 0.0909. The third-order valence-corrected chi connectivity index (χ3v) is 2.27. The lowest BCUT2D eigenvalue weighted by atomic mass is 10.2. The molecule has 68 valence electrons. The largest absolute Gasteiger partial charge is 0.436 e. The van der Waals surface area contributed by atoms with Crippen LogP contribution in [0.1, 0.15) is 5.56 Å². The van der Waals surface area contributed by atoms with Crippen molar-refractivity contribution in [3.8, 4) is 0 Å². The van der Waals surface area contributed by atoms with Crippen LogP contribution in [0, 0.1) is 6.92 Å². The summed E-state index contributed by atoms with van der Waals surface area (Å²) in [7, 11) is 0. The standard InChI is InChI=1S/C11H8N2O/c1-7-4-9-8-2-3-12-6-10(8)14-11(9)13-5-7/h2-6H,1H3. The minimum atomic E-state index is 0.679. The van der Waals surface area contributed by atoms with Crippen LogP contribution in [0.5, 0.6) is 0 Å². The first-order valence-corrected chi connectivity index (χ1v) is 4.43. The van der Waals surface area contributed by atoms with Gasteiger partial charge in [-0.25, -0.2) is 4.98 Å². The van der Waals surface area contributed by atoms with E-state index < -0.39 is 0 Å². The van der Waals surface area contributed by atoms with Crippen molar-refractivity contribution in [2.45, 2.75) is 6.92 Å². The number of hydrogen-bond acceptors (Lipinski definition) is 3. The van der Waals surface area contributed by atoms with Gasteiger partial charge in [0.1, 0.15) is 0 Å². The third kappa shape index (κ3) is 0.923. The van der Waals surface area contributed by atoms with Crippen molar-refractivity contribution < 1.29 is 4.42 Å². The van der Waals surface area contributed by atoms with Crippen LogP contribution < -0.4 is 0 Å². The van der Waals surface area contributed by atoms with E-state index in [1.807, 2.05) is 13.0 Å². The van der Waals surface area contributed by atoms with Gasteiger partial charge in [-0.2, -0.15) is 0 Å². The summed E-state index contributed by atoms with van der Waals surface area (Å²) < 4.78 is 5.53. The second-order valence-corrected chi connectivity index (χ2v) is 3.34. The zero-order valence-electron chi connectivity index (χ0n) is 7.69. The first kappa shape index (κ1) is 7.50. The van der Waals surface area contributed by atoms with Gasteiger partial charge in [0.25, 0.3) is 0 Å². The fourth-order valence-electron chi connectivity index (χ4n) is 1.62. The molecule has 3 nitrogen and oxygen atoms in total. The Balaban J connectivity index is 2.58. The van der Waals surface area contributed by atoms with Crippen molar-refractivity contribution >= 4 is 22.1 Å². The lowest BCUT2D eigenvalue weighted by molar-refractivity contribution is 0.652. The van der Waals surface area contributed by atoms with E-state index in [4.69, 9.17) is 4.42 Å². The Morgan fingerprint density at radius 2 is 2.14 bits per heavy atom. The predicted molar refractivity (Wildman–Crippen MR) is 54.0 cm³/mol. The van der Waals surface area contributed by atoms with Gasteiger partial charge in [-0.1, -0.05) is 0 Å². The molecule has 0 bridgehead atoms. The lowest BCUT2D eigenvalue weighted by Crippen LogP contribution is -1.75. The van der Waals surface area contributed by atoms with Crippen molar-refractivity contribution in [3.63, 3.8) is 0 Å². The Kier molecular flexibility index (Phi) is 1.36. The first-order chi connectivity index (χ1) is 6.84. The highest BCUT2D eigenvalue weighted by molar-refractivity contribution is 6.03. The Bertz CT molecular complexity index is 613. The van der Waals surface area contributed by atoms with Crippen LogP contribution >= 0.6 is 0 Å². The van der Waals surface area contributed by atoms with Crippen LogP contribution in [0.3, 0.4) is 0 Å². The molecule has 0 aromatic carbocycles. The molecule has 0 aliphatic carbocycles. The van der Waals surface area contributed by atoms with Crippen LogP contribution in [0.2, 0.25) is 0 Å². The summed E-state index contributed by atoms with van der Waals surface area (Å²) in [6.07, 6.45) is 5.28. The van der Waals surface area contributed by atoms with Gasteiger partial charge in [0, 0.05) is 23.2 Å². The van der Waals surface area contributed by atoms with Crippen LogP contribution in [0.4, 0.5) is 0 Å². The molecule has 0 N–H and O–H groups in total. The number of fused-ring (bicyclic) bond motifs is 3. The molecule has 0 radical (unpaired) electrons. The number of rotatable bonds is 0. The fourth-order valence-corrected chi connectivity index (χ4v) is 1.62. The second kappa shape index (κ2) is 2.54. The molecule has 0 amide bonds. The van der Waals surface area contributed by atoms with Crippen LogP contribution in [-0.2, 0) is 0 Å². The molecule has 0 saturated heterocycles. The molecule has 0 unspecified atom stereocenters. The van der Waals surface area contributed by atoms with Crippen molar-refractivity contribution in [1.29, 1.82) is 0 Å². The SMILES string of the molecule is Cc1cnc2oc3cnccc3c2c1. The first-order valence-electron chi connectivity index (χ1n) is 4.43. The number of pyridine rings is 2. The Labute approximate surface area is 80.4 Å². The molecule has 0 saturated carbocycles. The van der Waals surface area contributed by atoms with Gasteiger partial charge in [-0.3, -0.25) is 4.98 Å². The molecule has 3 heterocycles. The molecule has 3 rings (SSSR count). The van der Waals surface area contributed by atoms with E-state index in [9.17, 15) is 0 Å². The van der Waals surface area contributed by atoms with Crippen LogP contribution in [0.25, 0.3) is 22.1 Å². The van der Waals surface area contributed by atoms with E-state index in [0.717, 1.165) is 21.9 Å². The summed E-state index contributed by atoms with van der Waals surface area (Å²) in [5, 5.41) is 2.13. The molecular weight excluding hydrogens is 176 g/mol. The van der Waals surface area contributed by atoms with Gasteiger partial charge in [-0.05, 0) is 24.6 Å². The molecule has 3 heteroatoms. The van der Waals surface area contributed by atoms with Crippen molar-refractivity contribution in [1.82, 2.24) is 9.97 Å². The second-order valence-electron chi connectivity index (χ2n) is 3.34. The monoisotopic (exact) mass is 184 g/mol. The molecular formula is C11H8N2O. The van der Waals surface area contributed by atoms with E-state index >= 15 is 0 Å². The lowest BCUT2D eigenvalue weighted by Gasteiger charge is -1.89. The van der Waals surface area contributed by atoms with Crippen molar-refractivity contribution in [3.05, 3.63) is 36.3 Å². The highest BCUT2D eigenvalue weighted by Crippen LogP contribution is 2.26. The number of aryl methyl sites for hydroxylation is 1. The summed E-state index contributed by atoms with van der Waals surface area (Å²) in [5.41, 5.74) is 2.61. The maximum atomic E-state index is 5.53. The minimum Gasteiger partial charge on any atom is -0.436 e. The molecule has 0 fully saturated rings. The maximum Gasteiger partial charge on any atom is 0.227 e. The van der Waals surface area contributed by atoms with E-state index in [1.165, 1.54) is 0 Å². The number of furan rings is 1. The summed E-state index contributed by atoms with van der Waals surface area (Å²) in [4.78, 5) is 8.23. The molecule has 0 aliphatic rings. The molecule has 3 aromatic heterocycles. The minimum absolute atomic E-state index is 0.679. The number of aromatic nitrogens is 2. The van der Waals surface area contributed by atoms with Gasteiger partial charge in [-0.15, -0.1) is 0 Å². The average Bonchev–Trinajstić information content (AvgIpc) is 2.56. The molecule has 14 heavy (non-hydrogen) atoms. The van der Waals surface area contributed by atoms with Gasteiger partial charge >= 0.3 is 0 Å².